The summed E-state index contributed by atoms with van der Waals surface area (Å²) in [5, 5.41) is 10.8. The maximum Gasteiger partial charge on any atom is 0.332 e. The number of nitrogens with one attached hydrogen (secondary N) is 1. The second-order valence-corrected chi connectivity index (χ2v) is 1.50. The molecule has 9 heavy (non-hydrogen) atoms. The van der Waals surface area contributed by atoms with Crippen molar-refractivity contribution in [3.05, 3.63) is 24.6 Å². The Bertz CT molecular complexity index is 149. The summed E-state index contributed by atoms with van der Waals surface area (Å²) in [5.74, 6) is -0.927. The number of rotatable bonds is 3. The van der Waals surface area contributed by atoms with Crippen LogP contribution in [0.15, 0.2) is 24.6 Å². The van der Waals surface area contributed by atoms with Crippen LogP contribution in [-0.2, 0) is 4.79 Å². The smallest absolute Gasteiger partial charge is 0.332 e. The summed E-state index contributed by atoms with van der Waals surface area (Å²) in [6, 6.07) is 0. The van der Waals surface area contributed by atoms with Crippen molar-refractivity contribution in [2.45, 2.75) is 6.92 Å². The molecule has 0 saturated carbocycles. The molecule has 0 radical (unpaired) electrons. The van der Waals surface area contributed by atoms with E-state index < -0.39 is 5.97 Å². The number of aliphatic carboxylic acids is 1. The van der Waals surface area contributed by atoms with Gasteiger partial charge < -0.3 is 10.4 Å². The van der Waals surface area contributed by atoms with E-state index in [1.807, 2.05) is 0 Å². The van der Waals surface area contributed by atoms with Gasteiger partial charge in [0.25, 0.3) is 0 Å². The quantitative estimate of drug-likeness (QED) is 0.549. The van der Waals surface area contributed by atoms with Gasteiger partial charge in [-0.05, 0) is 13.1 Å². The Labute approximate surface area is 53.7 Å². The summed E-state index contributed by atoms with van der Waals surface area (Å²) in [4.78, 5) is 10.1. The van der Waals surface area contributed by atoms with Crippen LogP contribution in [0.2, 0.25) is 0 Å². The maximum absolute atomic E-state index is 10.1. The fraction of sp³-hybridized carbons (Fsp3) is 0.167. The first-order chi connectivity index (χ1) is 4.18. The van der Waals surface area contributed by atoms with Crippen LogP contribution in [0.4, 0.5) is 0 Å². The fourth-order valence-electron chi connectivity index (χ4n) is 0.246. The molecule has 0 aromatic carbocycles. The lowest BCUT2D eigenvalue weighted by Gasteiger charge is -1.90. The van der Waals surface area contributed by atoms with Crippen LogP contribution in [-0.4, -0.2) is 11.1 Å². The van der Waals surface area contributed by atoms with Crippen molar-refractivity contribution >= 4 is 5.97 Å². The van der Waals surface area contributed by atoms with Crippen LogP contribution < -0.4 is 5.32 Å². The SMILES string of the molecule is C=CNC=C(C)C(=O)O. The van der Waals surface area contributed by atoms with Crippen LogP contribution in [0.5, 0.6) is 0 Å². The Kier molecular flexibility index (Phi) is 3.20. The lowest BCUT2D eigenvalue weighted by atomic mass is 10.3. The van der Waals surface area contributed by atoms with Gasteiger partial charge in [0, 0.05) is 11.8 Å². The number of carboxylic acid groups (broad SMARTS) is 1. The van der Waals surface area contributed by atoms with Gasteiger partial charge in [0.2, 0.25) is 0 Å². The number of carbonyl (C=O) groups is 1. The summed E-state index contributed by atoms with van der Waals surface area (Å²) >= 11 is 0. The van der Waals surface area contributed by atoms with Crippen LogP contribution in [0.3, 0.4) is 0 Å². The third-order valence-corrected chi connectivity index (χ3v) is 0.755. The minimum Gasteiger partial charge on any atom is -0.478 e. The predicted molar refractivity (Wildman–Crippen MR) is 34.7 cm³/mol. The lowest BCUT2D eigenvalue weighted by molar-refractivity contribution is -0.132. The number of hydrogen-bond acceptors (Lipinski definition) is 2. The van der Waals surface area contributed by atoms with Crippen molar-refractivity contribution in [3.63, 3.8) is 0 Å². The van der Waals surface area contributed by atoms with Crippen molar-refractivity contribution in [1.82, 2.24) is 5.32 Å². The molecular formula is C6H9NO2. The zero-order valence-corrected chi connectivity index (χ0v) is 5.22. The molecule has 0 spiro atoms. The molecule has 0 aromatic rings. The first-order valence-electron chi connectivity index (χ1n) is 2.45. The average molecular weight is 127 g/mol. The van der Waals surface area contributed by atoms with Crippen LogP contribution in [0, 0.1) is 0 Å². The molecule has 0 aliphatic heterocycles. The first kappa shape index (κ1) is 7.75. The molecule has 0 amide bonds. The Balaban J connectivity index is 3.83. The molecular weight excluding hydrogens is 118 g/mol. The maximum atomic E-state index is 10.1. The van der Waals surface area contributed by atoms with Crippen LogP contribution in [0.25, 0.3) is 0 Å². The summed E-state index contributed by atoms with van der Waals surface area (Å²) < 4.78 is 0. The summed E-state index contributed by atoms with van der Waals surface area (Å²) in [7, 11) is 0. The molecule has 3 nitrogen and oxygen atoms in total. The molecule has 50 valence electrons. The highest BCUT2D eigenvalue weighted by molar-refractivity contribution is 5.85. The zero-order chi connectivity index (χ0) is 7.28. The molecule has 0 heterocycles. The normalized spacial score (nSPS) is 10.6. The molecule has 0 atom stereocenters. The molecule has 0 aliphatic rings. The van der Waals surface area contributed by atoms with Crippen molar-refractivity contribution < 1.29 is 9.90 Å². The van der Waals surface area contributed by atoms with Gasteiger partial charge in [-0.2, -0.15) is 0 Å². The third-order valence-electron chi connectivity index (χ3n) is 0.755. The molecule has 0 aromatic heterocycles. The van der Waals surface area contributed by atoms with E-state index in [2.05, 4.69) is 11.9 Å². The Morgan fingerprint density at radius 1 is 1.78 bits per heavy atom. The minimum atomic E-state index is -0.927. The Hall–Kier alpha value is -1.25. The lowest BCUT2D eigenvalue weighted by Crippen LogP contribution is -2.01. The van der Waals surface area contributed by atoms with Crippen molar-refractivity contribution in [1.29, 1.82) is 0 Å². The molecule has 0 fully saturated rings. The van der Waals surface area contributed by atoms with E-state index in [0.717, 1.165) is 0 Å². The van der Waals surface area contributed by atoms with Crippen molar-refractivity contribution in [3.8, 4) is 0 Å². The van der Waals surface area contributed by atoms with E-state index in [4.69, 9.17) is 5.11 Å². The van der Waals surface area contributed by atoms with Gasteiger partial charge in [-0.3, -0.25) is 0 Å². The first-order valence-corrected chi connectivity index (χ1v) is 2.45. The molecule has 0 rings (SSSR count). The highest BCUT2D eigenvalue weighted by Gasteiger charge is 1.95. The third kappa shape index (κ3) is 3.34. The molecule has 0 bridgehead atoms. The van der Waals surface area contributed by atoms with Gasteiger partial charge in [-0.25, -0.2) is 4.79 Å². The van der Waals surface area contributed by atoms with Gasteiger partial charge in [0.1, 0.15) is 0 Å². The van der Waals surface area contributed by atoms with Gasteiger partial charge in [0.05, 0.1) is 0 Å². The van der Waals surface area contributed by atoms with Crippen molar-refractivity contribution in [2.24, 2.45) is 0 Å². The van der Waals surface area contributed by atoms with Crippen LogP contribution >= 0.6 is 0 Å². The summed E-state index contributed by atoms with van der Waals surface area (Å²) in [6.07, 6.45) is 2.78. The fourth-order valence-corrected chi connectivity index (χ4v) is 0.246. The van der Waals surface area contributed by atoms with Crippen LogP contribution in [0.1, 0.15) is 6.92 Å². The molecule has 3 heteroatoms. The Morgan fingerprint density at radius 2 is 2.33 bits per heavy atom. The molecule has 0 saturated heterocycles. The van der Waals surface area contributed by atoms with E-state index in [1.54, 1.807) is 0 Å². The second-order valence-electron chi connectivity index (χ2n) is 1.50. The van der Waals surface area contributed by atoms with Gasteiger partial charge >= 0.3 is 5.97 Å². The highest BCUT2D eigenvalue weighted by atomic mass is 16.4. The predicted octanol–water partition coefficient (Wildman–Crippen LogP) is 0.708. The topological polar surface area (TPSA) is 49.3 Å². The monoisotopic (exact) mass is 127 g/mol. The van der Waals surface area contributed by atoms with Gasteiger partial charge in [-0.1, -0.05) is 6.58 Å². The van der Waals surface area contributed by atoms with E-state index in [-0.39, 0.29) is 5.57 Å². The van der Waals surface area contributed by atoms with E-state index >= 15 is 0 Å². The standard InChI is InChI=1S/C6H9NO2/c1-3-7-4-5(2)6(8)9/h3-4,7H,1H2,2H3,(H,8,9). The average Bonchev–Trinajstić information content (AvgIpc) is 1.82. The van der Waals surface area contributed by atoms with Gasteiger partial charge in [-0.15, -0.1) is 0 Å². The summed E-state index contributed by atoms with van der Waals surface area (Å²) in [5.41, 5.74) is 0.259. The second kappa shape index (κ2) is 3.72. The van der Waals surface area contributed by atoms with E-state index in [1.165, 1.54) is 19.3 Å². The minimum absolute atomic E-state index is 0.259. The van der Waals surface area contributed by atoms with Crippen molar-refractivity contribution in [2.75, 3.05) is 0 Å². The molecule has 2 N–H and O–H groups in total. The van der Waals surface area contributed by atoms with Gasteiger partial charge in [0.15, 0.2) is 0 Å². The highest BCUT2D eigenvalue weighted by Crippen LogP contribution is 1.87. The number of hydrogen-bond donors (Lipinski definition) is 2. The summed E-state index contributed by atoms with van der Waals surface area (Å²) in [6.45, 7) is 4.84. The van der Waals surface area contributed by atoms with E-state index in [0.29, 0.717) is 0 Å². The molecule has 0 unspecified atom stereocenters. The Morgan fingerprint density at radius 3 is 2.67 bits per heavy atom. The zero-order valence-electron chi connectivity index (χ0n) is 5.22. The number of carboxylic acids is 1. The van der Waals surface area contributed by atoms with E-state index in [9.17, 15) is 4.79 Å². The molecule has 0 aliphatic carbocycles. The largest absolute Gasteiger partial charge is 0.478 e.